The molecule has 0 aromatic heterocycles. The van der Waals surface area contributed by atoms with Crippen LogP contribution in [0.5, 0.6) is 0 Å². The van der Waals surface area contributed by atoms with Crippen molar-refractivity contribution in [3.63, 3.8) is 0 Å². The number of rotatable bonds is 10. The van der Waals surface area contributed by atoms with E-state index in [1.165, 1.54) is 0 Å². The Balaban J connectivity index is 7.01. The highest BCUT2D eigenvalue weighted by atomic mass is 28.3. The molecule has 0 amide bonds. The lowest BCUT2D eigenvalue weighted by atomic mass is 9.87. The monoisotopic (exact) mass is 596 g/mol. The summed E-state index contributed by atoms with van der Waals surface area (Å²) in [4.78, 5) is 0. The third kappa shape index (κ3) is 3.93. The number of alkyl halides is 21. The normalized spacial score (nSPS) is 17.2. The fourth-order valence-electron chi connectivity index (χ4n) is 1.86. The van der Waals surface area contributed by atoms with Gasteiger partial charge in [-0.1, -0.05) is 0 Å². The SMILES string of the molecule is FC(F)(F)C(F)(F)C(F)(F)C(F)(F)C(F)(F)C(F)(F)C(F)(F)C(F)(F)C(F)(F)C(F)(F)[SiH2]O[SiH3]. The number of halogens is 21. The molecule has 1 nitrogen and oxygen atoms in total. The van der Waals surface area contributed by atoms with Gasteiger partial charge >= 0.3 is 59.1 Å². The summed E-state index contributed by atoms with van der Waals surface area (Å²) in [6, 6.07) is 0. The lowest BCUT2D eigenvalue weighted by Crippen LogP contribution is -2.77. The molecular weight excluding hydrogens is 591 g/mol. The zero-order valence-corrected chi connectivity index (χ0v) is 18.5. The Bertz CT molecular complexity index is 738. The molecule has 0 saturated carbocycles. The van der Waals surface area contributed by atoms with Crippen LogP contribution in [0.1, 0.15) is 0 Å². The fourth-order valence-corrected chi connectivity index (χ4v) is 3.72. The summed E-state index contributed by atoms with van der Waals surface area (Å²) >= 11 is 0. The van der Waals surface area contributed by atoms with Crippen molar-refractivity contribution in [2.24, 2.45) is 0 Å². The van der Waals surface area contributed by atoms with E-state index in [1.54, 1.807) is 0 Å². The summed E-state index contributed by atoms with van der Waals surface area (Å²) in [6.07, 6.45) is -7.99. The van der Waals surface area contributed by atoms with Gasteiger partial charge < -0.3 is 4.12 Å². The highest BCUT2D eigenvalue weighted by Gasteiger charge is 2.97. The Morgan fingerprint density at radius 2 is 0.559 bits per heavy atom. The van der Waals surface area contributed by atoms with Crippen LogP contribution >= 0.6 is 0 Å². The average Bonchev–Trinajstić information content (AvgIpc) is 2.59. The predicted octanol–water partition coefficient (Wildman–Crippen LogP) is 4.60. The molecule has 0 aliphatic rings. The van der Waals surface area contributed by atoms with E-state index in [-0.39, 0.29) is 0 Å². The topological polar surface area (TPSA) is 9.23 Å². The molecule has 0 aliphatic carbocycles. The molecular formula is C10H5F21OSi2. The molecule has 0 heterocycles. The number of hydrogen-bond donors (Lipinski definition) is 0. The summed E-state index contributed by atoms with van der Waals surface area (Å²) in [7, 11) is -5.42. The van der Waals surface area contributed by atoms with Gasteiger partial charge in [-0.05, 0) is 0 Å². The van der Waals surface area contributed by atoms with Crippen molar-refractivity contribution < 1.29 is 96.3 Å². The highest BCUT2D eigenvalue weighted by molar-refractivity contribution is 6.37. The summed E-state index contributed by atoms with van der Waals surface area (Å²) < 4.78 is 276. The van der Waals surface area contributed by atoms with E-state index < -0.39 is 79.4 Å². The van der Waals surface area contributed by atoms with E-state index in [1.807, 2.05) is 0 Å². The molecule has 0 aliphatic heterocycles. The highest BCUT2D eigenvalue weighted by Crippen LogP contribution is 2.66. The molecule has 0 atom stereocenters. The Kier molecular flexibility index (Phi) is 7.96. The Morgan fingerprint density at radius 3 is 0.765 bits per heavy atom. The van der Waals surface area contributed by atoms with E-state index in [2.05, 4.69) is 4.12 Å². The van der Waals surface area contributed by atoms with Crippen LogP contribution in [-0.2, 0) is 4.12 Å². The molecule has 0 saturated heterocycles. The van der Waals surface area contributed by atoms with Crippen LogP contribution in [0.15, 0.2) is 0 Å². The Labute approximate surface area is 177 Å². The molecule has 0 aromatic carbocycles. The minimum Gasteiger partial charge on any atom is -0.464 e. The van der Waals surface area contributed by atoms with Gasteiger partial charge in [-0.3, -0.25) is 0 Å². The van der Waals surface area contributed by atoms with Crippen molar-refractivity contribution in [1.82, 2.24) is 0 Å². The van der Waals surface area contributed by atoms with Gasteiger partial charge in [0.15, 0.2) is 0 Å². The van der Waals surface area contributed by atoms with Crippen LogP contribution in [0.4, 0.5) is 92.2 Å². The fraction of sp³-hybridized carbons (Fsp3) is 1.00. The second-order valence-corrected chi connectivity index (χ2v) is 9.72. The van der Waals surface area contributed by atoms with E-state index in [0.717, 1.165) is 0 Å². The third-order valence-corrected chi connectivity index (χ3v) is 5.86. The van der Waals surface area contributed by atoms with Gasteiger partial charge in [0.05, 0.1) is 0 Å². The van der Waals surface area contributed by atoms with Crippen molar-refractivity contribution in [3.8, 4) is 0 Å². The van der Waals surface area contributed by atoms with E-state index in [0.29, 0.717) is 0 Å². The zero-order valence-electron chi connectivity index (χ0n) is 15.1. The van der Waals surface area contributed by atoms with Crippen LogP contribution in [0.2, 0.25) is 0 Å². The van der Waals surface area contributed by atoms with Gasteiger partial charge in [0.1, 0.15) is 10.5 Å². The van der Waals surface area contributed by atoms with Gasteiger partial charge in [0.2, 0.25) is 9.76 Å². The summed E-state index contributed by atoms with van der Waals surface area (Å²) in [5.74, 6) is -69.9. The standard InChI is InChI=1S/C10H5F21OSi2/c11-1(12,3(15,16)5(19,20)7(23,24)9(27,28)29)2(13,14)4(17,18)6(21,22)8(25,26)10(30,31)34-32-33/h34H2,33H3. The van der Waals surface area contributed by atoms with Crippen LogP contribution < -0.4 is 0 Å². The van der Waals surface area contributed by atoms with Crippen molar-refractivity contribution in [2.75, 3.05) is 0 Å². The van der Waals surface area contributed by atoms with Crippen LogP contribution in [0, 0.1) is 0 Å². The van der Waals surface area contributed by atoms with Gasteiger partial charge in [-0.2, -0.15) is 83.4 Å². The predicted molar refractivity (Wildman–Crippen MR) is 70.1 cm³/mol. The molecule has 0 unspecified atom stereocenters. The van der Waals surface area contributed by atoms with E-state index >= 15 is 0 Å². The first-order chi connectivity index (χ1) is 14.3. The molecule has 0 N–H and O–H groups in total. The first-order valence-electron chi connectivity index (χ1n) is 7.27. The third-order valence-electron chi connectivity index (χ3n) is 3.90. The van der Waals surface area contributed by atoms with Crippen molar-refractivity contribution in [1.29, 1.82) is 0 Å². The molecule has 0 aromatic rings. The molecule has 0 spiro atoms. The summed E-state index contributed by atoms with van der Waals surface area (Å²) in [5.41, 5.74) is -6.52. The lowest BCUT2D eigenvalue weighted by Gasteiger charge is -2.44. The maximum atomic E-state index is 13.4. The van der Waals surface area contributed by atoms with Gasteiger partial charge in [-0.15, -0.1) is 0 Å². The van der Waals surface area contributed by atoms with Gasteiger partial charge in [-0.25, -0.2) is 8.78 Å². The summed E-state index contributed by atoms with van der Waals surface area (Å²) in [5, 5.41) is 0. The van der Waals surface area contributed by atoms with Crippen LogP contribution in [0.25, 0.3) is 0 Å². The van der Waals surface area contributed by atoms with Crippen LogP contribution in [-0.4, -0.2) is 79.4 Å². The largest absolute Gasteiger partial charge is 0.464 e. The molecule has 0 fully saturated rings. The molecule has 0 radical (unpaired) electrons. The summed E-state index contributed by atoms with van der Waals surface area (Å²) in [6.45, 7) is 0. The average molecular weight is 596 g/mol. The van der Waals surface area contributed by atoms with E-state index in [4.69, 9.17) is 0 Å². The molecule has 0 bridgehead atoms. The van der Waals surface area contributed by atoms with Gasteiger partial charge in [0.25, 0.3) is 0 Å². The second-order valence-electron chi connectivity index (χ2n) is 6.23. The maximum absolute atomic E-state index is 13.4. The number of hydrogen-bond acceptors (Lipinski definition) is 1. The maximum Gasteiger partial charge on any atom is 0.460 e. The molecule has 24 heteroatoms. The minimum absolute atomic E-state index is 1.00. The van der Waals surface area contributed by atoms with Gasteiger partial charge in [0, 0.05) is 0 Å². The first-order valence-corrected chi connectivity index (χ1v) is 9.37. The molecule has 34 heavy (non-hydrogen) atoms. The second kappa shape index (κ2) is 8.22. The smallest absolute Gasteiger partial charge is 0.460 e. The zero-order chi connectivity index (χ0) is 28.4. The first kappa shape index (κ1) is 32.9. The molecule has 206 valence electrons. The van der Waals surface area contributed by atoms with Crippen LogP contribution in [0.3, 0.4) is 0 Å². The Hall–Kier alpha value is -1.08. The molecule has 0 rings (SSSR count). The Morgan fingerprint density at radius 1 is 0.353 bits per heavy atom. The van der Waals surface area contributed by atoms with Crippen molar-refractivity contribution in [2.45, 2.75) is 59.1 Å². The van der Waals surface area contributed by atoms with E-state index in [9.17, 15) is 92.2 Å². The van der Waals surface area contributed by atoms with Crippen molar-refractivity contribution >= 4 is 20.2 Å². The quantitative estimate of drug-likeness (QED) is 0.265. The lowest BCUT2D eigenvalue weighted by molar-refractivity contribution is -0.472. The van der Waals surface area contributed by atoms with Crippen molar-refractivity contribution in [3.05, 3.63) is 0 Å². The minimum atomic E-state index is -9.14.